The predicted octanol–water partition coefficient (Wildman–Crippen LogP) is 4.04. The van der Waals surface area contributed by atoms with Crippen LogP contribution in [0, 0.1) is 17.1 Å². The molecule has 0 saturated heterocycles. The minimum absolute atomic E-state index is 0.0787. The van der Waals surface area contributed by atoms with Gasteiger partial charge in [0.2, 0.25) is 0 Å². The van der Waals surface area contributed by atoms with Gasteiger partial charge in [-0.05, 0) is 37.3 Å². The molecule has 0 spiro atoms. The lowest BCUT2D eigenvalue weighted by Crippen LogP contribution is -2.15. The lowest BCUT2D eigenvalue weighted by Gasteiger charge is -2.18. The van der Waals surface area contributed by atoms with Gasteiger partial charge >= 0.3 is 0 Å². The van der Waals surface area contributed by atoms with Gasteiger partial charge in [0.15, 0.2) is 0 Å². The maximum Gasteiger partial charge on any atom is 0.150 e. The zero-order chi connectivity index (χ0) is 23.7. The van der Waals surface area contributed by atoms with Gasteiger partial charge in [0.05, 0.1) is 34.7 Å². The number of nitriles is 1. The first-order valence-corrected chi connectivity index (χ1v) is 10.4. The normalized spacial score (nSPS) is 11.8. The van der Waals surface area contributed by atoms with Gasteiger partial charge in [-0.3, -0.25) is 14.5 Å². The number of hydrogen-bond donors (Lipinski definition) is 2. The molecule has 0 unspecified atom stereocenters. The molecule has 0 aliphatic rings. The average molecular weight is 451 g/mol. The number of rotatable bonds is 5. The number of pyridine rings is 2. The van der Waals surface area contributed by atoms with E-state index < -0.39 is 6.04 Å². The summed E-state index contributed by atoms with van der Waals surface area (Å²) in [5.41, 5.74) is 9.40. The summed E-state index contributed by atoms with van der Waals surface area (Å²) in [6.07, 6.45) is 6.39. The number of fused-ring (bicyclic) bond motifs is 1. The van der Waals surface area contributed by atoms with Crippen LogP contribution in [0.4, 0.5) is 16.0 Å². The Kier molecular flexibility index (Phi) is 5.27. The zero-order valence-corrected chi connectivity index (χ0v) is 18.0. The predicted molar refractivity (Wildman–Crippen MR) is 125 cm³/mol. The maximum absolute atomic E-state index is 14.2. The van der Waals surface area contributed by atoms with Crippen LogP contribution in [0.2, 0.25) is 0 Å². The highest BCUT2D eigenvalue weighted by Crippen LogP contribution is 2.30. The highest BCUT2D eigenvalue weighted by atomic mass is 19.1. The number of nitrogens with zero attached hydrogens (tertiary/aromatic N) is 7. The summed E-state index contributed by atoms with van der Waals surface area (Å²) in [5.74, 6) is 0.550. The van der Waals surface area contributed by atoms with Gasteiger partial charge in [-0.25, -0.2) is 19.3 Å². The van der Waals surface area contributed by atoms with Gasteiger partial charge in [0, 0.05) is 24.0 Å². The Morgan fingerprint density at radius 1 is 1.12 bits per heavy atom. The zero-order valence-electron chi connectivity index (χ0n) is 18.0. The number of imidazole rings is 1. The van der Waals surface area contributed by atoms with Crippen molar-refractivity contribution in [2.45, 2.75) is 13.0 Å². The van der Waals surface area contributed by atoms with Gasteiger partial charge in [-0.2, -0.15) is 5.26 Å². The van der Waals surface area contributed by atoms with E-state index in [1.54, 1.807) is 24.7 Å². The lowest BCUT2D eigenvalue weighted by atomic mass is 10.1. The van der Waals surface area contributed by atoms with Crippen LogP contribution in [-0.4, -0.2) is 29.5 Å². The number of hydrogen-bond acceptors (Lipinski definition) is 8. The summed E-state index contributed by atoms with van der Waals surface area (Å²) < 4.78 is 16.1. The summed E-state index contributed by atoms with van der Waals surface area (Å²) in [6.45, 7) is 1.86. The van der Waals surface area contributed by atoms with Crippen LogP contribution >= 0.6 is 0 Å². The Labute approximate surface area is 193 Å². The van der Waals surface area contributed by atoms with Crippen molar-refractivity contribution in [2.24, 2.45) is 0 Å². The molecule has 0 radical (unpaired) electrons. The van der Waals surface area contributed by atoms with Crippen LogP contribution in [0.15, 0.2) is 67.4 Å². The molecule has 3 N–H and O–H groups in total. The molecule has 34 heavy (non-hydrogen) atoms. The van der Waals surface area contributed by atoms with Crippen LogP contribution in [0.1, 0.15) is 24.4 Å². The lowest BCUT2D eigenvalue weighted by molar-refractivity contribution is 0.629. The van der Waals surface area contributed by atoms with Gasteiger partial charge in [-0.15, -0.1) is 0 Å². The molecule has 0 amide bonds. The quantitative estimate of drug-likeness (QED) is 0.409. The third-order valence-corrected chi connectivity index (χ3v) is 5.31. The SMILES string of the molecule is C[C@H](Nc1ncnc(N)c1C#N)c1nc2ccc(F)cc2n1-c1cncc(-c2ccccn2)c1. The van der Waals surface area contributed by atoms with Crippen molar-refractivity contribution in [3.05, 3.63) is 84.6 Å². The van der Waals surface area contributed by atoms with Crippen molar-refractivity contribution in [1.29, 1.82) is 5.26 Å². The molecule has 0 fully saturated rings. The Bertz CT molecular complexity index is 1540. The largest absolute Gasteiger partial charge is 0.382 e. The van der Waals surface area contributed by atoms with Crippen molar-refractivity contribution in [3.8, 4) is 23.0 Å². The van der Waals surface area contributed by atoms with E-state index in [2.05, 4.69) is 25.3 Å². The highest BCUT2D eigenvalue weighted by Gasteiger charge is 2.21. The monoisotopic (exact) mass is 451 g/mol. The Morgan fingerprint density at radius 3 is 2.79 bits per heavy atom. The summed E-state index contributed by atoms with van der Waals surface area (Å²) in [7, 11) is 0. The molecule has 10 heteroatoms. The molecule has 0 saturated carbocycles. The van der Waals surface area contributed by atoms with Crippen molar-refractivity contribution >= 4 is 22.7 Å². The van der Waals surface area contributed by atoms with E-state index in [-0.39, 0.29) is 23.0 Å². The third kappa shape index (κ3) is 3.75. The Balaban J connectivity index is 1.65. The Hall–Kier alpha value is -4.91. The van der Waals surface area contributed by atoms with Crippen molar-refractivity contribution < 1.29 is 4.39 Å². The van der Waals surface area contributed by atoms with Crippen molar-refractivity contribution in [2.75, 3.05) is 11.1 Å². The molecule has 1 atom stereocenters. The Morgan fingerprint density at radius 2 is 2.00 bits per heavy atom. The highest BCUT2D eigenvalue weighted by molar-refractivity contribution is 5.79. The van der Waals surface area contributed by atoms with Crippen LogP contribution in [0.5, 0.6) is 0 Å². The standard InChI is InChI=1S/C24H18FN9/c1-14(32-23-18(10-26)22(27)30-13-31-23)24-33-20-6-5-16(25)9-21(20)34(24)17-8-15(11-28-12-17)19-4-2-3-7-29-19/h2-9,11-14H,1H3,(H3,27,30,31,32)/t14-/m0/s1. The molecule has 0 aliphatic carbocycles. The molecule has 5 aromatic rings. The smallest absolute Gasteiger partial charge is 0.150 e. The molecule has 1 aromatic carbocycles. The van der Waals surface area contributed by atoms with Gasteiger partial charge in [0.1, 0.15) is 41.2 Å². The van der Waals surface area contributed by atoms with Gasteiger partial charge in [-0.1, -0.05) is 6.07 Å². The fourth-order valence-corrected chi connectivity index (χ4v) is 3.74. The molecule has 4 aromatic heterocycles. The number of anilines is 2. The summed E-state index contributed by atoms with van der Waals surface area (Å²) in [6, 6.07) is 13.5. The second kappa shape index (κ2) is 8.55. The molecule has 9 nitrogen and oxygen atoms in total. The second-order valence-corrected chi connectivity index (χ2v) is 7.55. The van der Waals surface area contributed by atoms with Gasteiger partial charge < -0.3 is 11.1 Å². The molecule has 4 heterocycles. The second-order valence-electron chi connectivity index (χ2n) is 7.55. The molecular formula is C24H18FN9. The molecule has 0 bridgehead atoms. The van der Waals surface area contributed by atoms with Crippen LogP contribution in [-0.2, 0) is 0 Å². The molecule has 166 valence electrons. The van der Waals surface area contributed by atoms with E-state index in [4.69, 9.17) is 10.7 Å². The fourth-order valence-electron chi connectivity index (χ4n) is 3.74. The summed E-state index contributed by atoms with van der Waals surface area (Å²) >= 11 is 0. The number of halogens is 1. The number of aromatic nitrogens is 6. The average Bonchev–Trinajstić information content (AvgIpc) is 3.24. The number of nitrogens with two attached hydrogens (primary N) is 1. The van der Waals surface area contributed by atoms with E-state index in [0.29, 0.717) is 22.5 Å². The maximum atomic E-state index is 14.2. The first-order valence-electron chi connectivity index (χ1n) is 10.4. The topological polar surface area (TPSA) is 131 Å². The minimum atomic E-state index is -0.435. The first-order chi connectivity index (χ1) is 16.5. The van der Waals surface area contributed by atoms with Crippen molar-refractivity contribution in [1.82, 2.24) is 29.5 Å². The van der Waals surface area contributed by atoms with Crippen LogP contribution in [0.25, 0.3) is 28.0 Å². The number of nitrogen functional groups attached to an aromatic ring is 1. The number of benzene rings is 1. The number of nitrogens with one attached hydrogen (secondary N) is 1. The van der Waals surface area contributed by atoms with E-state index in [0.717, 1.165) is 11.3 Å². The molecular weight excluding hydrogens is 433 g/mol. The summed E-state index contributed by atoms with van der Waals surface area (Å²) in [5, 5.41) is 12.7. The molecule has 5 rings (SSSR count). The minimum Gasteiger partial charge on any atom is -0.382 e. The van der Waals surface area contributed by atoms with E-state index in [1.165, 1.54) is 18.5 Å². The van der Waals surface area contributed by atoms with E-state index >= 15 is 0 Å². The fraction of sp³-hybridized carbons (Fsp3) is 0.0833. The van der Waals surface area contributed by atoms with Crippen LogP contribution in [0.3, 0.4) is 0 Å². The molecule has 0 aliphatic heterocycles. The summed E-state index contributed by atoms with van der Waals surface area (Å²) in [4.78, 5) is 21.5. The van der Waals surface area contributed by atoms with Crippen molar-refractivity contribution in [3.63, 3.8) is 0 Å². The first kappa shape index (κ1) is 21.0. The third-order valence-electron chi connectivity index (χ3n) is 5.31. The van der Waals surface area contributed by atoms with Gasteiger partial charge in [0.25, 0.3) is 0 Å². The van der Waals surface area contributed by atoms with E-state index in [1.807, 2.05) is 41.8 Å². The van der Waals surface area contributed by atoms with Crippen LogP contribution < -0.4 is 11.1 Å². The van der Waals surface area contributed by atoms with E-state index in [9.17, 15) is 9.65 Å².